The van der Waals surface area contributed by atoms with E-state index in [1.165, 1.54) is 25.7 Å². The number of hydrogen-bond acceptors (Lipinski definition) is 4. The number of amides is 2. The number of nitrogens with zero attached hydrogens (tertiary/aromatic N) is 3. The summed E-state index contributed by atoms with van der Waals surface area (Å²) in [5.41, 5.74) is 0. The van der Waals surface area contributed by atoms with E-state index in [9.17, 15) is 9.59 Å². The van der Waals surface area contributed by atoms with Crippen LogP contribution in [0.4, 0.5) is 5.82 Å². The molecule has 2 amide bonds. The first-order chi connectivity index (χ1) is 12.6. The Bertz CT molecular complexity index is 657. The van der Waals surface area contributed by atoms with Gasteiger partial charge in [0.15, 0.2) is 0 Å². The molecule has 3 fully saturated rings. The minimum absolute atomic E-state index is 0.0940. The van der Waals surface area contributed by atoms with Crippen LogP contribution in [0, 0.1) is 17.8 Å². The summed E-state index contributed by atoms with van der Waals surface area (Å²) in [6.07, 6.45) is 6.94. The number of anilines is 1. The Balaban J connectivity index is 1.27. The van der Waals surface area contributed by atoms with Crippen molar-refractivity contribution in [2.45, 2.75) is 38.6 Å². The highest BCUT2D eigenvalue weighted by Crippen LogP contribution is 2.49. The van der Waals surface area contributed by atoms with Gasteiger partial charge in [-0.2, -0.15) is 0 Å². The Morgan fingerprint density at radius 3 is 2.58 bits per heavy atom. The van der Waals surface area contributed by atoms with Crippen molar-refractivity contribution in [3.05, 3.63) is 24.4 Å². The van der Waals surface area contributed by atoms with E-state index < -0.39 is 5.91 Å². The number of rotatable bonds is 3. The monoisotopic (exact) mass is 356 g/mol. The highest BCUT2D eigenvalue weighted by atomic mass is 16.2. The van der Waals surface area contributed by atoms with Crippen LogP contribution in [0.15, 0.2) is 24.4 Å². The molecule has 0 radical (unpaired) electrons. The molecule has 6 heteroatoms. The number of pyridine rings is 1. The fourth-order valence-corrected chi connectivity index (χ4v) is 5.10. The lowest BCUT2D eigenvalue weighted by molar-refractivity contribution is -0.146. The van der Waals surface area contributed by atoms with Gasteiger partial charge in [0.1, 0.15) is 5.82 Å². The van der Waals surface area contributed by atoms with Gasteiger partial charge in [-0.1, -0.05) is 12.5 Å². The van der Waals surface area contributed by atoms with Crippen molar-refractivity contribution in [2.75, 3.05) is 31.1 Å². The lowest BCUT2D eigenvalue weighted by atomic mass is 9.84. The first kappa shape index (κ1) is 17.3. The van der Waals surface area contributed by atoms with Gasteiger partial charge in [-0.15, -0.1) is 0 Å². The molecule has 1 N–H and O–H groups in total. The van der Waals surface area contributed by atoms with Crippen molar-refractivity contribution in [3.8, 4) is 0 Å². The normalized spacial score (nSPS) is 28.9. The molecule has 1 aromatic rings. The smallest absolute Gasteiger partial charge is 0.312 e. The van der Waals surface area contributed by atoms with Crippen LogP contribution >= 0.6 is 0 Å². The van der Waals surface area contributed by atoms with Gasteiger partial charge in [-0.25, -0.2) is 4.98 Å². The Morgan fingerprint density at radius 2 is 1.96 bits per heavy atom. The summed E-state index contributed by atoms with van der Waals surface area (Å²) in [7, 11) is 0. The Kier molecular flexibility index (Phi) is 4.83. The fraction of sp³-hybridized carbons (Fsp3) is 0.650. The standard InChI is InChI=1S/C20H28N4O2/c1-14(17-13-15-5-6-16(17)12-15)22-19(25)20(26)24-10-8-23(9-11-24)18-4-2-3-7-21-18/h2-4,7,14-17H,5-6,8-13H2,1H3,(H,22,25). The first-order valence-electron chi connectivity index (χ1n) is 9.87. The molecular weight excluding hydrogens is 328 g/mol. The van der Waals surface area contributed by atoms with Crippen LogP contribution in [0.5, 0.6) is 0 Å². The molecule has 4 rings (SSSR count). The molecular formula is C20H28N4O2. The Hall–Kier alpha value is -2.11. The fourth-order valence-electron chi connectivity index (χ4n) is 5.10. The number of aromatic nitrogens is 1. The minimum Gasteiger partial charge on any atom is -0.353 e. The molecule has 2 bridgehead atoms. The molecule has 3 aliphatic rings. The van der Waals surface area contributed by atoms with Crippen LogP contribution in [-0.2, 0) is 9.59 Å². The van der Waals surface area contributed by atoms with E-state index in [1.807, 2.05) is 18.2 Å². The van der Waals surface area contributed by atoms with E-state index in [1.54, 1.807) is 11.1 Å². The van der Waals surface area contributed by atoms with Gasteiger partial charge >= 0.3 is 11.8 Å². The summed E-state index contributed by atoms with van der Waals surface area (Å²) < 4.78 is 0. The minimum atomic E-state index is -0.438. The van der Waals surface area contributed by atoms with Crippen molar-refractivity contribution in [1.82, 2.24) is 15.2 Å². The molecule has 0 aromatic carbocycles. The third-order valence-electron chi connectivity index (χ3n) is 6.53. The van der Waals surface area contributed by atoms with Gasteiger partial charge in [0, 0.05) is 38.4 Å². The van der Waals surface area contributed by atoms with E-state index >= 15 is 0 Å². The molecule has 0 spiro atoms. The zero-order valence-electron chi connectivity index (χ0n) is 15.4. The number of carbonyl (C=O) groups excluding carboxylic acids is 2. The van der Waals surface area contributed by atoms with Crippen molar-refractivity contribution < 1.29 is 9.59 Å². The summed E-state index contributed by atoms with van der Waals surface area (Å²) in [6, 6.07) is 5.92. The molecule has 2 saturated carbocycles. The predicted octanol–water partition coefficient (Wildman–Crippen LogP) is 1.67. The molecule has 4 unspecified atom stereocenters. The van der Waals surface area contributed by atoms with Crippen molar-refractivity contribution in [3.63, 3.8) is 0 Å². The molecule has 1 aromatic heterocycles. The Morgan fingerprint density at radius 1 is 1.15 bits per heavy atom. The van der Waals surface area contributed by atoms with Crippen LogP contribution < -0.4 is 10.2 Å². The summed E-state index contributed by atoms with van der Waals surface area (Å²) in [5, 5.41) is 2.99. The third kappa shape index (κ3) is 3.41. The maximum atomic E-state index is 12.5. The number of hydrogen-bond donors (Lipinski definition) is 1. The number of nitrogens with one attached hydrogen (secondary N) is 1. The Labute approximate surface area is 155 Å². The van der Waals surface area contributed by atoms with Crippen LogP contribution in [-0.4, -0.2) is 53.9 Å². The average Bonchev–Trinajstić information content (AvgIpc) is 3.32. The largest absolute Gasteiger partial charge is 0.353 e. The lowest BCUT2D eigenvalue weighted by Gasteiger charge is -2.35. The van der Waals surface area contributed by atoms with Gasteiger partial charge in [0.25, 0.3) is 0 Å². The zero-order chi connectivity index (χ0) is 18.1. The quantitative estimate of drug-likeness (QED) is 0.837. The topological polar surface area (TPSA) is 65.5 Å². The van der Waals surface area contributed by atoms with Gasteiger partial charge < -0.3 is 15.1 Å². The van der Waals surface area contributed by atoms with Crippen LogP contribution in [0.25, 0.3) is 0 Å². The lowest BCUT2D eigenvalue weighted by Crippen LogP contribution is -2.54. The zero-order valence-corrected chi connectivity index (χ0v) is 15.4. The van der Waals surface area contributed by atoms with Crippen molar-refractivity contribution in [2.24, 2.45) is 17.8 Å². The number of fused-ring (bicyclic) bond motifs is 2. The molecule has 140 valence electrons. The second kappa shape index (κ2) is 7.25. The highest BCUT2D eigenvalue weighted by molar-refractivity contribution is 6.35. The maximum Gasteiger partial charge on any atom is 0.312 e. The van der Waals surface area contributed by atoms with Crippen LogP contribution in [0.3, 0.4) is 0 Å². The summed E-state index contributed by atoms with van der Waals surface area (Å²) in [5.74, 6) is 2.24. The average molecular weight is 356 g/mol. The number of piperazine rings is 1. The molecule has 2 heterocycles. The molecule has 1 saturated heterocycles. The molecule has 1 aliphatic heterocycles. The first-order valence-corrected chi connectivity index (χ1v) is 9.87. The number of carbonyl (C=O) groups is 2. The van der Waals surface area contributed by atoms with Crippen LogP contribution in [0.1, 0.15) is 32.6 Å². The molecule has 26 heavy (non-hydrogen) atoms. The summed E-state index contributed by atoms with van der Waals surface area (Å²) in [4.78, 5) is 33.1. The second-order valence-electron chi connectivity index (χ2n) is 8.07. The molecule has 4 atom stereocenters. The predicted molar refractivity (Wildman–Crippen MR) is 99.6 cm³/mol. The SMILES string of the molecule is CC(NC(=O)C(=O)N1CCN(c2ccccn2)CC1)C1CC2CCC1C2. The molecule has 2 aliphatic carbocycles. The van der Waals surface area contributed by atoms with E-state index in [2.05, 4.69) is 22.1 Å². The van der Waals surface area contributed by atoms with E-state index in [4.69, 9.17) is 0 Å². The van der Waals surface area contributed by atoms with Gasteiger partial charge in [0.05, 0.1) is 0 Å². The third-order valence-corrected chi connectivity index (χ3v) is 6.53. The van der Waals surface area contributed by atoms with Crippen molar-refractivity contribution >= 4 is 17.6 Å². The van der Waals surface area contributed by atoms with Crippen molar-refractivity contribution in [1.29, 1.82) is 0 Å². The van der Waals surface area contributed by atoms with E-state index in [0.717, 1.165) is 17.7 Å². The second-order valence-corrected chi connectivity index (χ2v) is 8.07. The maximum absolute atomic E-state index is 12.5. The molecule has 6 nitrogen and oxygen atoms in total. The highest BCUT2D eigenvalue weighted by Gasteiger charge is 2.42. The van der Waals surface area contributed by atoms with E-state index in [0.29, 0.717) is 32.1 Å². The van der Waals surface area contributed by atoms with Gasteiger partial charge in [-0.05, 0) is 56.1 Å². The van der Waals surface area contributed by atoms with Gasteiger partial charge in [-0.3, -0.25) is 9.59 Å². The van der Waals surface area contributed by atoms with Crippen LogP contribution in [0.2, 0.25) is 0 Å². The van der Waals surface area contributed by atoms with Gasteiger partial charge in [0.2, 0.25) is 0 Å². The summed E-state index contributed by atoms with van der Waals surface area (Å²) >= 11 is 0. The van der Waals surface area contributed by atoms with E-state index in [-0.39, 0.29) is 11.9 Å². The summed E-state index contributed by atoms with van der Waals surface area (Å²) in [6.45, 7) is 4.60.